The molecule has 1 aliphatic rings. The molecule has 2 rings (SSSR count). The van der Waals surface area contributed by atoms with Crippen molar-refractivity contribution in [2.24, 2.45) is 0 Å². The fourth-order valence-electron chi connectivity index (χ4n) is 1.39. The first-order valence-electron chi connectivity index (χ1n) is 3.91. The van der Waals surface area contributed by atoms with Crippen molar-refractivity contribution in [2.45, 2.75) is 0 Å². The first-order chi connectivity index (χ1) is 6.65. The van der Waals surface area contributed by atoms with Gasteiger partial charge in [0.1, 0.15) is 6.73 Å². The number of hydrogen-bond donors (Lipinski definition) is 1. The van der Waals surface area contributed by atoms with Crippen LogP contribution in [-0.2, 0) is 0 Å². The fraction of sp³-hybridized carbons (Fsp3) is 0.111. The predicted octanol–water partition coefficient (Wildman–Crippen LogP) is 0.995. The molecule has 0 fully saturated rings. The zero-order chi connectivity index (χ0) is 10.3. The third-order valence-corrected chi connectivity index (χ3v) is 2.57. The fourth-order valence-corrected chi connectivity index (χ4v) is 1.75. The average Bonchev–Trinajstić information content (AvgIpc) is 2.39. The summed E-state index contributed by atoms with van der Waals surface area (Å²) in [5, 5.41) is 8.82. The molecular weight excluding hydrogens is 250 g/mol. The summed E-state index contributed by atoms with van der Waals surface area (Å²) in [6.07, 6.45) is 0. The summed E-state index contributed by atoms with van der Waals surface area (Å²) in [6.45, 7) is -0.579. The lowest BCUT2D eigenvalue weighted by atomic mass is 10.1. The van der Waals surface area contributed by atoms with Gasteiger partial charge in [-0.1, -0.05) is 15.9 Å². The Bertz CT molecular complexity index is 430. The average molecular weight is 256 g/mol. The van der Waals surface area contributed by atoms with Gasteiger partial charge in [-0.15, -0.1) is 0 Å². The highest BCUT2D eigenvalue weighted by atomic mass is 79.9. The molecule has 2 amide bonds. The van der Waals surface area contributed by atoms with Crippen molar-refractivity contribution in [1.29, 1.82) is 0 Å². The largest absolute Gasteiger partial charge is 0.376 e. The SMILES string of the molecule is O=C1c2ccc(Br)cc2C(=O)N1CO. The summed E-state index contributed by atoms with van der Waals surface area (Å²) in [7, 11) is 0. The highest BCUT2D eigenvalue weighted by Gasteiger charge is 2.34. The van der Waals surface area contributed by atoms with Crippen molar-refractivity contribution in [1.82, 2.24) is 4.90 Å². The Hall–Kier alpha value is -1.20. The van der Waals surface area contributed by atoms with Crippen LogP contribution in [0.5, 0.6) is 0 Å². The normalized spacial score (nSPS) is 14.9. The van der Waals surface area contributed by atoms with Crippen molar-refractivity contribution in [3.63, 3.8) is 0 Å². The second-order valence-electron chi connectivity index (χ2n) is 2.87. The predicted molar refractivity (Wildman–Crippen MR) is 51.7 cm³/mol. The van der Waals surface area contributed by atoms with E-state index in [9.17, 15) is 9.59 Å². The number of amides is 2. The number of hydrogen-bond acceptors (Lipinski definition) is 3. The van der Waals surface area contributed by atoms with E-state index in [1.54, 1.807) is 18.2 Å². The Balaban J connectivity index is 2.58. The highest BCUT2D eigenvalue weighted by molar-refractivity contribution is 9.10. The van der Waals surface area contributed by atoms with Gasteiger partial charge >= 0.3 is 0 Å². The van der Waals surface area contributed by atoms with Crippen molar-refractivity contribution < 1.29 is 14.7 Å². The molecule has 1 aliphatic heterocycles. The molecule has 0 aliphatic carbocycles. The van der Waals surface area contributed by atoms with E-state index >= 15 is 0 Å². The molecule has 0 aromatic heterocycles. The van der Waals surface area contributed by atoms with Crippen LogP contribution in [0.2, 0.25) is 0 Å². The van der Waals surface area contributed by atoms with Gasteiger partial charge in [0.15, 0.2) is 0 Å². The van der Waals surface area contributed by atoms with Crippen LogP contribution in [0.3, 0.4) is 0 Å². The van der Waals surface area contributed by atoms with Crippen LogP contribution in [0.4, 0.5) is 0 Å². The van der Waals surface area contributed by atoms with Crippen LogP contribution in [0.25, 0.3) is 0 Å². The summed E-state index contributed by atoms with van der Waals surface area (Å²) in [5.74, 6) is -0.895. The molecular formula is C9H6BrNO3. The molecule has 0 unspecified atom stereocenters. The maximum absolute atomic E-state index is 11.5. The van der Waals surface area contributed by atoms with Crippen LogP contribution < -0.4 is 0 Å². The third kappa shape index (κ3) is 1.17. The number of carbonyl (C=O) groups excluding carboxylic acids is 2. The first kappa shape index (κ1) is 9.36. The van der Waals surface area contributed by atoms with Gasteiger partial charge in [0.05, 0.1) is 11.1 Å². The smallest absolute Gasteiger partial charge is 0.263 e. The lowest BCUT2D eigenvalue weighted by Crippen LogP contribution is -2.30. The van der Waals surface area contributed by atoms with E-state index in [0.717, 1.165) is 9.37 Å². The maximum Gasteiger partial charge on any atom is 0.263 e. The van der Waals surface area contributed by atoms with Crippen LogP contribution in [0, 0.1) is 0 Å². The second-order valence-corrected chi connectivity index (χ2v) is 3.79. The molecule has 0 spiro atoms. The summed E-state index contributed by atoms with van der Waals surface area (Å²) in [6, 6.07) is 4.82. The van der Waals surface area contributed by atoms with Gasteiger partial charge in [0.25, 0.3) is 11.8 Å². The maximum atomic E-state index is 11.5. The Morgan fingerprint density at radius 2 is 1.86 bits per heavy atom. The molecule has 0 saturated carbocycles. The van der Waals surface area contributed by atoms with Crippen LogP contribution in [-0.4, -0.2) is 28.6 Å². The van der Waals surface area contributed by atoms with E-state index in [4.69, 9.17) is 5.11 Å². The van der Waals surface area contributed by atoms with Gasteiger partial charge in [-0.05, 0) is 18.2 Å². The van der Waals surface area contributed by atoms with Crippen molar-refractivity contribution in [3.8, 4) is 0 Å². The van der Waals surface area contributed by atoms with Gasteiger partial charge < -0.3 is 5.11 Å². The number of benzene rings is 1. The summed E-state index contributed by atoms with van der Waals surface area (Å²) in [5.41, 5.74) is 0.672. The van der Waals surface area contributed by atoms with Gasteiger partial charge in [0.2, 0.25) is 0 Å². The molecule has 1 heterocycles. The van der Waals surface area contributed by atoms with Crippen LogP contribution >= 0.6 is 15.9 Å². The van der Waals surface area contributed by atoms with E-state index in [1.807, 2.05) is 0 Å². The van der Waals surface area contributed by atoms with E-state index in [-0.39, 0.29) is 0 Å². The molecule has 0 saturated heterocycles. The summed E-state index contributed by atoms with van der Waals surface area (Å²) < 4.78 is 0.734. The number of fused-ring (bicyclic) bond motifs is 1. The molecule has 0 bridgehead atoms. The van der Waals surface area contributed by atoms with Gasteiger partial charge in [-0.3, -0.25) is 14.5 Å². The molecule has 14 heavy (non-hydrogen) atoms. The molecule has 72 valence electrons. The Labute approximate surface area is 88.3 Å². The minimum absolute atomic E-state index is 0.332. The van der Waals surface area contributed by atoms with Gasteiger partial charge in [-0.2, -0.15) is 0 Å². The second kappa shape index (κ2) is 3.18. The van der Waals surface area contributed by atoms with Crippen molar-refractivity contribution in [2.75, 3.05) is 6.73 Å². The van der Waals surface area contributed by atoms with E-state index in [1.165, 1.54) is 0 Å². The molecule has 1 aromatic rings. The topological polar surface area (TPSA) is 57.6 Å². The Morgan fingerprint density at radius 1 is 1.21 bits per heavy atom. The molecule has 1 N–H and O–H groups in total. The Morgan fingerprint density at radius 3 is 2.50 bits per heavy atom. The van der Waals surface area contributed by atoms with Gasteiger partial charge in [-0.25, -0.2) is 0 Å². The number of imide groups is 1. The Kier molecular flexibility index (Phi) is 2.13. The van der Waals surface area contributed by atoms with E-state index < -0.39 is 18.5 Å². The lowest BCUT2D eigenvalue weighted by molar-refractivity contribution is 0.0490. The molecule has 4 nitrogen and oxygen atoms in total. The van der Waals surface area contributed by atoms with Gasteiger partial charge in [0, 0.05) is 4.47 Å². The number of nitrogens with zero attached hydrogens (tertiary/aromatic N) is 1. The molecule has 1 aromatic carbocycles. The standard InChI is InChI=1S/C9H6BrNO3/c10-5-1-2-6-7(3-5)9(14)11(4-12)8(6)13/h1-3,12H,4H2. The van der Waals surface area contributed by atoms with Crippen molar-refractivity contribution in [3.05, 3.63) is 33.8 Å². The van der Waals surface area contributed by atoms with Crippen LogP contribution in [0.1, 0.15) is 20.7 Å². The van der Waals surface area contributed by atoms with Crippen LogP contribution in [0.15, 0.2) is 22.7 Å². The quantitative estimate of drug-likeness (QED) is 0.762. The monoisotopic (exact) mass is 255 g/mol. The molecule has 5 heteroatoms. The summed E-state index contributed by atoms with van der Waals surface area (Å²) in [4.78, 5) is 23.8. The first-order valence-corrected chi connectivity index (χ1v) is 4.71. The minimum atomic E-state index is -0.579. The highest BCUT2D eigenvalue weighted by Crippen LogP contribution is 2.25. The number of rotatable bonds is 1. The third-order valence-electron chi connectivity index (χ3n) is 2.07. The minimum Gasteiger partial charge on any atom is -0.376 e. The molecule has 0 atom stereocenters. The number of aliphatic hydroxyl groups is 1. The molecule has 0 radical (unpaired) electrons. The number of carbonyl (C=O) groups is 2. The number of halogens is 1. The van der Waals surface area contributed by atoms with E-state index in [2.05, 4.69) is 15.9 Å². The van der Waals surface area contributed by atoms with Crippen molar-refractivity contribution >= 4 is 27.7 Å². The summed E-state index contributed by atoms with van der Waals surface area (Å²) >= 11 is 3.21. The zero-order valence-corrected chi connectivity index (χ0v) is 8.61. The lowest BCUT2D eigenvalue weighted by Gasteiger charge is -2.07. The number of aliphatic hydroxyl groups excluding tert-OH is 1. The van der Waals surface area contributed by atoms with E-state index in [0.29, 0.717) is 11.1 Å². The zero-order valence-electron chi connectivity index (χ0n) is 7.03.